The van der Waals surface area contributed by atoms with E-state index >= 15 is 0 Å². The maximum Gasteiger partial charge on any atom is 0.409 e. The lowest BCUT2D eigenvalue weighted by Crippen LogP contribution is -2.64. The smallest absolute Gasteiger partial charge is 0.409 e. The monoisotopic (exact) mass is 337 g/mol. The molecular weight excluding hydrogens is 324 g/mol. The topological polar surface area (TPSA) is 66.8 Å². The van der Waals surface area contributed by atoms with Gasteiger partial charge in [0.25, 0.3) is 0 Å². The molecule has 11 heteroatoms. The Bertz CT molecular complexity index is 444. The summed E-state index contributed by atoms with van der Waals surface area (Å²) in [5.41, 5.74) is -6.42. The van der Waals surface area contributed by atoms with Crippen molar-refractivity contribution in [3.05, 3.63) is 0 Å². The third kappa shape index (κ3) is 2.61. The molecule has 0 aromatic rings. The zero-order valence-electron chi connectivity index (χ0n) is 11.5. The highest BCUT2D eigenvalue weighted by molar-refractivity contribution is 5.67. The maximum atomic E-state index is 13.2. The van der Waals surface area contributed by atoms with E-state index in [4.69, 9.17) is 9.84 Å². The number of nitrogens with zero attached hydrogens (tertiary/aromatic N) is 1. The van der Waals surface area contributed by atoms with E-state index in [1.54, 1.807) is 0 Å². The van der Waals surface area contributed by atoms with Crippen LogP contribution in [0.1, 0.15) is 20.3 Å². The summed E-state index contributed by atoms with van der Waals surface area (Å²) in [6.45, 7) is 0.922. The van der Waals surface area contributed by atoms with Crippen LogP contribution < -0.4 is 0 Å². The van der Waals surface area contributed by atoms with E-state index in [1.807, 2.05) is 0 Å². The van der Waals surface area contributed by atoms with E-state index in [0.717, 1.165) is 13.8 Å². The van der Waals surface area contributed by atoms with E-state index in [-0.39, 0.29) is 4.90 Å². The summed E-state index contributed by atoms with van der Waals surface area (Å²) in [6.07, 6.45) is -16.3. The summed E-state index contributed by atoms with van der Waals surface area (Å²) in [4.78, 5) is 21.6. The third-order valence-electron chi connectivity index (χ3n) is 3.68. The SMILES string of the molecule is CC1(C)OCC(C(CC=O)(C(F)(F)F)C(F)(F)F)N1C(=O)O. The highest BCUT2D eigenvalue weighted by atomic mass is 19.4. The van der Waals surface area contributed by atoms with Crippen LogP contribution in [0.3, 0.4) is 0 Å². The lowest BCUT2D eigenvalue weighted by Gasteiger charge is -2.44. The van der Waals surface area contributed by atoms with E-state index in [9.17, 15) is 35.9 Å². The first-order valence-electron chi connectivity index (χ1n) is 5.95. The average Bonchev–Trinajstić information content (AvgIpc) is 2.58. The molecule has 0 aliphatic carbocycles. The van der Waals surface area contributed by atoms with Gasteiger partial charge in [-0.25, -0.2) is 4.79 Å². The fraction of sp³-hybridized carbons (Fsp3) is 0.818. The van der Waals surface area contributed by atoms with Gasteiger partial charge in [0.15, 0.2) is 5.41 Å². The molecule has 1 saturated heterocycles. The number of hydrogen-bond donors (Lipinski definition) is 1. The fourth-order valence-electron chi connectivity index (χ4n) is 2.57. The van der Waals surface area contributed by atoms with Crippen molar-refractivity contribution in [3.8, 4) is 0 Å². The van der Waals surface area contributed by atoms with Gasteiger partial charge in [0.1, 0.15) is 12.0 Å². The van der Waals surface area contributed by atoms with E-state index < -0.39 is 54.9 Å². The summed E-state index contributed by atoms with van der Waals surface area (Å²) < 4.78 is 84.3. The number of carbonyl (C=O) groups is 2. The molecule has 5 nitrogen and oxygen atoms in total. The van der Waals surface area contributed by atoms with Crippen molar-refractivity contribution in [1.29, 1.82) is 0 Å². The largest absolute Gasteiger partial charge is 0.465 e. The molecule has 128 valence electrons. The Labute approximate surface area is 120 Å². The molecule has 1 aliphatic heterocycles. The van der Waals surface area contributed by atoms with E-state index in [1.165, 1.54) is 0 Å². The van der Waals surface area contributed by atoms with Crippen molar-refractivity contribution in [2.24, 2.45) is 5.41 Å². The van der Waals surface area contributed by atoms with Gasteiger partial charge >= 0.3 is 18.4 Å². The second kappa shape index (κ2) is 5.28. The number of amides is 1. The summed E-state index contributed by atoms with van der Waals surface area (Å²) in [5, 5.41) is 9.01. The Balaban J connectivity index is 3.58. The van der Waals surface area contributed by atoms with Crippen molar-refractivity contribution in [2.45, 2.75) is 44.4 Å². The van der Waals surface area contributed by atoms with Crippen LogP contribution in [0.15, 0.2) is 0 Å². The lowest BCUT2D eigenvalue weighted by molar-refractivity contribution is -0.353. The van der Waals surface area contributed by atoms with Crippen LogP contribution in [-0.4, -0.2) is 53.1 Å². The Hall–Kier alpha value is -1.52. The summed E-state index contributed by atoms with van der Waals surface area (Å²) in [6, 6.07) is -2.62. The number of halogens is 6. The van der Waals surface area contributed by atoms with Crippen molar-refractivity contribution in [3.63, 3.8) is 0 Å². The third-order valence-corrected chi connectivity index (χ3v) is 3.68. The van der Waals surface area contributed by atoms with Gasteiger partial charge in [0.2, 0.25) is 0 Å². The first kappa shape index (κ1) is 18.5. The van der Waals surface area contributed by atoms with Gasteiger partial charge in [-0.1, -0.05) is 0 Å². The molecule has 0 bridgehead atoms. The minimum atomic E-state index is -5.89. The normalized spacial score (nSPS) is 22.7. The first-order valence-corrected chi connectivity index (χ1v) is 5.95. The highest BCUT2D eigenvalue weighted by Crippen LogP contribution is 2.57. The molecule has 1 aliphatic rings. The van der Waals surface area contributed by atoms with Crippen molar-refractivity contribution in [2.75, 3.05) is 6.61 Å². The molecule has 1 heterocycles. The minimum absolute atomic E-state index is 0.0442. The van der Waals surface area contributed by atoms with Crippen LogP contribution in [0.2, 0.25) is 0 Å². The molecule has 0 saturated carbocycles. The molecule has 22 heavy (non-hydrogen) atoms. The van der Waals surface area contributed by atoms with Crippen molar-refractivity contribution < 1.29 is 45.8 Å². The molecule has 1 amide bonds. The van der Waals surface area contributed by atoms with Crippen molar-refractivity contribution in [1.82, 2.24) is 4.90 Å². The van der Waals surface area contributed by atoms with Crippen LogP contribution in [0, 0.1) is 5.41 Å². The molecule has 1 unspecified atom stereocenters. The molecule has 0 aromatic heterocycles. The number of aldehydes is 1. The van der Waals surface area contributed by atoms with Crippen LogP contribution in [0.5, 0.6) is 0 Å². The maximum absolute atomic E-state index is 13.2. The predicted molar refractivity (Wildman–Crippen MR) is 58.9 cm³/mol. The summed E-state index contributed by atoms with van der Waals surface area (Å²) >= 11 is 0. The number of alkyl halides is 6. The molecule has 1 fully saturated rings. The van der Waals surface area contributed by atoms with Crippen LogP contribution in [0.25, 0.3) is 0 Å². The van der Waals surface area contributed by atoms with E-state index in [2.05, 4.69) is 0 Å². The molecule has 1 atom stereocenters. The van der Waals surface area contributed by atoms with E-state index in [0.29, 0.717) is 0 Å². The second-order valence-electron chi connectivity index (χ2n) is 5.26. The van der Waals surface area contributed by atoms with Gasteiger partial charge in [0.05, 0.1) is 12.6 Å². The molecular formula is C11H13F6NO4. The minimum Gasteiger partial charge on any atom is -0.465 e. The summed E-state index contributed by atoms with van der Waals surface area (Å²) in [5.74, 6) is 0. The van der Waals surface area contributed by atoms with Crippen LogP contribution >= 0.6 is 0 Å². The molecule has 0 radical (unpaired) electrons. The molecule has 1 rings (SSSR count). The van der Waals surface area contributed by atoms with Crippen LogP contribution in [-0.2, 0) is 9.53 Å². The first-order chi connectivity index (χ1) is 9.72. The molecule has 0 aromatic carbocycles. The average molecular weight is 337 g/mol. The number of ether oxygens (including phenoxy) is 1. The zero-order valence-corrected chi connectivity index (χ0v) is 11.5. The van der Waals surface area contributed by atoms with Gasteiger partial charge in [-0.2, -0.15) is 26.3 Å². The zero-order chi connectivity index (χ0) is 17.6. The molecule has 0 spiro atoms. The van der Waals surface area contributed by atoms with Gasteiger partial charge in [-0.15, -0.1) is 0 Å². The Morgan fingerprint density at radius 3 is 2.05 bits per heavy atom. The predicted octanol–water partition coefficient (Wildman–Crippen LogP) is 2.80. The van der Waals surface area contributed by atoms with Crippen LogP contribution in [0.4, 0.5) is 31.1 Å². The highest BCUT2D eigenvalue weighted by Gasteiger charge is 2.77. The van der Waals surface area contributed by atoms with Crippen molar-refractivity contribution >= 4 is 12.4 Å². The van der Waals surface area contributed by atoms with Gasteiger partial charge in [0, 0.05) is 6.42 Å². The van der Waals surface area contributed by atoms with Gasteiger partial charge in [-0.3, -0.25) is 4.90 Å². The fourth-order valence-corrected chi connectivity index (χ4v) is 2.57. The second-order valence-corrected chi connectivity index (χ2v) is 5.26. The summed E-state index contributed by atoms with van der Waals surface area (Å²) in [7, 11) is 0. The number of rotatable bonds is 3. The standard InChI is InChI=1S/C11H13F6NO4/c1-8(2)18(7(20)21)6(5-22-8)9(3-4-19,10(12,13)14)11(15,16)17/h4,6H,3,5H2,1-2H3,(H,20,21). The quantitative estimate of drug-likeness (QED) is 0.635. The number of carbonyl (C=O) groups excluding carboxylic acids is 1. The van der Waals surface area contributed by atoms with Gasteiger partial charge in [-0.05, 0) is 13.8 Å². The number of hydrogen-bond acceptors (Lipinski definition) is 3. The lowest BCUT2D eigenvalue weighted by atomic mass is 9.75. The van der Waals surface area contributed by atoms with Gasteiger partial charge < -0.3 is 14.6 Å². The molecule has 1 N–H and O–H groups in total. The number of carboxylic acid groups (broad SMARTS) is 1. The Kier molecular flexibility index (Phi) is 4.45. The Morgan fingerprint density at radius 2 is 1.73 bits per heavy atom. The Morgan fingerprint density at radius 1 is 1.27 bits per heavy atom.